The Morgan fingerprint density at radius 2 is 2.05 bits per heavy atom. The smallest absolute Gasteiger partial charge is 0.0638 e. The average Bonchev–Trinajstić information content (AvgIpc) is 2.48. The molecule has 2 saturated heterocycles. The molecule has 20 heavy (non-hydrogen) atoms. The summed E-state index contributed by atoms with van der Waals surface area (Å²) in [5.74, 6) is 0. The van der Waals surface area contributed by atoms with Crippen molar-refractivity contribution < 1.29 is 4.74 Å². The van der Waals surface area contributed by atoms with Gasteiger partial charge in [0.05, 0.1) is 19.3 Å². The van der Waals surface area contributed by atoms with Crippen LogP contribution in [0.2, 0.25) is 0 Å². The van der Waals surface area contributed by atoms with Crippen LogP contribution in [0.1, 0.15) is 5.56 Å². The Bertz CT molecular complexity index is 423. The summed E-state index contributed by atoms with van der Waals surface area (Å²) in [4.78, 5) is 4.86. The van der Waals surface area contributed by atoms with Crippen LogP contribution < -0.4 is 5.32 Å². The molecule has 0 amide bonds. The Kier molecular flexibility index (Phi) is 4.36. The van der Waals surface area contributed by atoms with Gasteiger partial charge in [0.25, 0.3) is 0 Å². The number of benzene rings is 1. The van der Waals surface area contributed by atoms with Gasteiger partial charge in [-0.15, -0.1) is 0 Å². The van der Waals surface area contributed by atoms with Crippen LogP contribution in [0, 0.1) is 0 Å². The molecule has 2 aliphatic heterocycles. The molecule has 3 rings (SSSR count). The van der Waals surface area contributed by atoms with Crippen molar-refractivity contribution in [1.29, 1.82) is 0 Å². The third-order valence-corrected chi connectivity index (χ3v) is 4.55. The quantitative estimate of drug-likeness (QED) is 0.883. The molecule has 0 radical (unpaired) electrons. The van der Waals surface area contributed by atoms with E-state index in [0.29, 0.717) is 18.1 Å². The van der Waals surface area contributed by atoms with Crippen LogP contribution in [-0.2, 0) is 11.3 Å². The van der Waals surface area contributed by atoms with Crippen molar-refractivity contribution in [2.75, 3.05) is 40.4 Å². The Labute approximate surface area is 121 Å². The third-order valence-electron chi connectivity index (χ3n) is 4.55. The lowest BCUT2D eigenvalue weighted by Gasteiger charge is -2.49. The summed E-state index contributed by atoms with van der Waals surface area (Å²) in [6.07, 6.45) is 0. The van der Waals surface area contributed by atoms with E-state index in [9.17, 15) is 0 Å². The van der Waals surface area contributed by atoms with Crippen molar-refractivity contribution >= 4 is 0 Å². The summed E-state index contributed by atoms with van der Waals surface area (Å²) < 4.78 is 5.86. The largest absolute Gasteiger partial charge is 0.378 e. The standard InChI is InChI=1S/C16H25N3O/c1-18(2)14-11-20-12-15-16(14)17-8-9-19(15)10-13-6-4-3-5-7-13/h3-7,14-17H,8-12H2,1-2H3/t14?,15-,16-/m1/s1. The van der Waals surface area contributed by atoms with E-state index in [-0.39, 0.29) is 0 Å². The molecule has 4 nitrogen and oxygen atoms in total. The Hall–Kier alpha value is -0.940. The first-order valence-corrected chi connectivity index (χ1v) is 7.51. The predicted molar refractivity (Wildman–Crippen MR) is 80.7 cm³/mol. The van der Waals surface area contributed by atoms with E-state index in [1.165, 1.54) is 5.56 Å². The number of nitrogens with one attached hydrogen (secondary N) is 1. The minimum atomic E-state index is 0.465. The molecule has 1 aromatic carbocycles. The summed E-state index contributed by atoms with van der Waals surface area (Å²) in [6, 6.07) is 12.2. The molecule has 2 aliphatic rings. The maximum atomic E-state index is 5.86. The highest BCUT2D eigenvalue weighted by Gasteiger charge is 2.40. The van der Waals surface area contributed by atoms with Gasteiger partial charge in [-0.3, -0.25) is 4.90 Å². The molecule has 2 fully saturated rings. The predicted octanol–water partition coefficient (Wildman–Crippen LogP) is 0.789. The zero-order valence-electron chi connectivity index (χ0n) is 12.5. The maximum Gasteiger partial charge on any atom is 0.0638 e. The van der Waals surface area contributed by atoms with Gasteiger partial charge in [-0.1, -0.05) is 30.3 Å². The van der Waals surface area contributed by atoms with Crippen molar-refractivity contribution in [3.05, 3.63) is 35.9 Å². The number of hydrogen-bond acceptors (Lipinski definition) is 4. The van der Waals surface area contributed by atoms with Gasteiger partial charge in [0.2, 0.25) is 0 Å². The first-order valence-electron chi connectivity index (χ1n) is 7.51. The van der Waals surface area contributed by atoms with Crippen molar-refractivity contribution in [2.24, 2.45) is 0 Å². The SMILES string of the molecule is CN(C)C1COC[C@@H]2[C@@H]1NCCN2Cc1ccccc1. The number of fused-ring (bicyclic) bond motifs is 1. The van der Waals surface area contributed by atoms with Crippen LogP contribution >= 0.6 is 0 Å². The first kappa shape index (κ1) is 14.0. The minimum Gasteiger partial charge on any atom is -0.378 e. The number of likely N-dealkylation sites (N-methyl/N-ethyl adjacent to an activating group) is 1. The van der Waals surface area contributed by atoms with Gasteiger partial charge < -0.3 is 15.0 Å². The van der Waals surface area contributed by atoms with Crippen LogP contribution in [0.5, 0.6) is 0 Å². The number of hydrogen-bond donors (Lipinski definition) is 1. The molecule has 1 unspecified atom stereocenters. The van der Waals surface area contributed by atoms with Gasteiger partial charge in [0, 0.05) is 31.7 Å². The Morgan fingerprint density at radius 1 is 1.25 bits per heavy atom. The number of nitrogens with zero attached hydrogens (tertiary/aromatic N) is 2. The zero-order chi connectivity index (χ0) is 13.9. The summed E-state index contributed by atoms with van der Waals surface area (Å²) in [7, 11) is 4.29. The summed E-state index contributed by atoms with van der Waals surface area (Å²) in [6.45, 7) is 4.86. The molecule has 4 heteroatoms. The zero-order valence-corrected chi connectivity index (χ0v) is 12.5. The van der Waals surface area contributed by atoms with E-state index in [0.717, 1.165) is 32.8 Å². The van der Waals surface area contributed by atoms with Crippen LogP contribution in [-0.4, -0.2) is 68.3 Å². The number of rotatable bonds is 3. The van der Waals surface area contributed by atoms with E-state index in [4.69, 9.17) is 4.74 Å². The molecule has 0 saturated carbocycles. The lowest BCUT2D eigenvalue weighted by Crippen LogP contribution is -2.68. The average molecular weight is 275 g/mol. The van der Waals surface area contributed by atoms with Crippen molar-refractivity contribution in [3.63, 3.8) is 0 Å². The second-order valence-corrected chi connectivity index (χ2v) is 6.07. The van der Waals surface area contributed by atoms with E-state index in [2.05, 4.69) is 59.5 Å². The number of ether oxygens (including phenoxy) is 1. The highest BCUT2D eigenvalue weighted by atomic mass is 16.5. The molecular formula is C16H25N3O. The highest BCUT2D eigenvalue weighted by Crippen LogP contribution is 2.22. The molecule has 110 valence electrons. The maximum absolute atomic E-state index is 5.86. The Morgan fingerprint density at radius 3 is 2.80 bits per heavy atom. The van der Waals surface area contributed by atoms with Gasteiger partial charge in [-0.05, 0) is 19.7 Å². The minimum absolute atomic E-state index is 0.465. The van der Waals surface area contributed by atoms with Gasteiger partial charge in [-0.25, -0.2) is 0 Å². The topological polar surface area (TPSA) is 27.7 Å². The van der Waals surface area contributed by atoms with Gasteiger partial charge >= 0.3 is 0 Å². The second kappa shape index (κ2) is 6.22. The fourth-order valence-corrected chi connectivity index (χ4v) is 3.40. The molecular weight excluding hydrogens is 250 g/mol. The number of piperazine rings is 1. The van der Waals surface area contributed by atoms with Gasteiger partial charge in [0.1, 0.15) is 0 Å². The monoisotopic (exact) mass is 275 g/mol. The fourth-order valence-electron chi connectivity index (χ4n) is 3.40. The first-order chi connectivity index (χ1) is 9.75. The molecule has 0 aliphatic carbocycles. The van der Waals surface area contributed by atoms with Crippen LogP contribution in [0.3, 0.4) is 0 Å². The molecule has 0 aromatic heterocycles. The van der Waals surface area contributed by atoms with E-state index in [1.54, 1.807) is 0 Å². The van der Waals surface area contributed by atoms with Crippen molar-refractivity contribution in [1.82, 2.24) is 15.1 Å². The highest BCUT2D eigenvalue weighted by molar-refractivity contribution is 5.15. The third kappa shape index (κ3) is 2.88. The molecule has 1 aromatic rings. The van der Waals surface area contributed by atoms with Crippen molar-refractivity contribution in [3.8, 4) is 0 Å². The molecule has 0 bridgehead atoms. The normalized spacial score (nSPS) is 31.2. The van der Waals surface area contributed by atoms with Gasteiger partial charge in [-0.2, -0.15) is 0 Å². The van der Waals surface area contributed by atoms with Gasteiger partial charge in [0.15, 0.2) is 0 Å². The van der Waals surface area contributed by atoms with Crippen molar-refractivity contribution in [2.45, 2.75) is 24.7 Å². The lowest BCUT2D eigenvalue weighted by molar-refractivity contribution is -0.0631. The van der Waals surface area contributed by atoms with Crippen LogP contribution in [0.25, 0.3) is 0 Å². The van der Waals surface area contributed by atoms with E-state index < -0.39 is 0 Å². The lowest BCUT2D eigenvalue weighted by atomic mass is 9.93. The fraction of sp³-hybridized carbons (Fsp3) is 0.625. The molecule has 2 heterocycles. The summed E-state index contributed by atoms with van der Waals surface area (Å²) >= 11 is 0. The van der Waals surface area contributed by atoms with Crippen LogP contribution in [0.4, 0.5) is 0 Å². The Balaban J connectivity index is 1.72. The molecule has 0 spiro atoms. The van der Waals surface area contributed by atoms with E-state index in [1.807, 2.05) is 0 Å². The second-order valence-electron chi connectivity index (χ2n) is 6.07. The summed E-state index contributed by atoms with van der Waals surface area (Å²) in [5.41, 5.74) is 1.39. The molecule has 1 N–H and O–H groups in total. The molecule has 3 atom stereocenters. The van der Waals surface area contributed by atoms with Crippen LogP contribution in [0.15, 0.2) is 30.3 Å². The summed E-state index contributed by atoms with van der Waals surface area (Å²) in [5, 5.41) is 3.70. The van der Waals surface area contributed by atoms with E-state index >= 15 is 0 Å².